The second-order valence-electron chi connectivity index (χ2n) is 1.86. The number of carbonyl (C=O) groups excluding carboxylic acids is 2. The molecule has 70 valence electrons. The van der Waals surface area contributed by atoms with Crippen molar-refractivity contribution >= 4 is 11.9 Å². The molecule has 0 saturated carbocycles. The fraction of sp³-hybridized carbons (Fsp3) is 0.667. The maximum Gasteiger partial charge on any atom is 0.350 e. The molecule has 12 heavy (non-hydrogen) atoms. The van der Waals surface area contributed by atoms with Crippen LogP contribution in [-0.4, -0.2) is 36.5 Å². The van der Waals surface area contributed by atoms with E-state index in [-0.39, 0.29) is 6.61 Å². The van der Waals surface area contributed by atoms with Gasteiger partial charge >= 0.3 is 11.9 Å². The van der Waals surface area contributed by atoms with Crippen LogP contribution < -0.4 is 5.73 Å². The van der Waals surface area contributed by atoms with Crippen LogP contribution in [0.25, 0.3) is 0 Å². The summed E-state index contributed by atoms with van der Waals surface area (Å²) >= 11 is 0. The molecule has 1 unspecified atom stereocenters. The molecule has 0 fully saturated rings. The first-order chi connectivity index (χ1) is 5.57. The van der Waals surface area contributed by atoms with E-state index >= 15 is 0 Å². The SMILES string of the molecule is CCOC(=O)COC(=O)C(N)O. The highest BCUT2D eigenvalue weighted by atomic mass is 16.6. The molecule has 0 heterocycles. The Labute approximate surface area is 69.2 Å². The van der Waals surface area contributed by atoms with E-state index in [2.05, 4.69) is 9.47 Å². The van der Waals surface area contributed by atoms with E-state index in [1.807, 2.05) is 0 Å². The third-order valence-corrected chi connectivity index (χ3v) is 0.879. The fourth-order valence-electron chi connectivity index (χ4n) is 0.418. The predicted octanol–water partition coefficient (Wildman–Crippen LogP) is -1.63. The standard InChI is InChI=1S/C6H11NO5/c1-2-11-4(8)3-12-6(10)5(7)9/h5,9H,2-3,7H2,1H3. The molecule has 0 aliphatic rings. The molecule has 0 aliphatic heterocycles. The minimum absolute atomic E-state index is 0.210. The van der Waals surface area contributed by atoms with Crippen molar-refractivity contribution in [3.8, 4) is 0 Å². The van der Waals surface area contributed by atoms with Gasteiger partial charge in [0.25, 0.3) is 0 Å². The summed E-state index contributed by atoms with van der Waals surface area (Å²) in [6.07, 6.45) is -1.71. The zero-order valence-corrected chi connectivity index (χ0v) is 6.65. The van der Waals surface area contributed by atoms with Crippen LogP contribution in [0.2, 0.25) is 0 Å². The summed E-state index contributed by atoms with van der Waals surface area (Å²) in [7, 11) is 0. The number of hydrogen-bond donors (Lipinski definition) is 2. The summed E-state index contributed by atoms with van der Waals surface area (Å²) in [5.41, 5.74) is 4.73. The van der Waals surface area contributed by atoms with Gasteiger partial charge in [-0.1, -0.05) is 0 Å². The van der Waals surface area contributed by atoms with Crippen molar-refractivity contribution in [1.82, 2.24) is 0 Å². The predicted molar refractivity (Wildman–Crippen MR) is 37.8 cm³/mol. The highest BCUT2D eigenvalue weighted by Crippen LogP contribution is 1.84. The van der Waals surface area contributed by atoms with Crippen LogP contribution in [0.3, 0.4) is 0 Å². The van der Waals surface area contributed by atoms with Crippen LogP contribution in [0.5, 0.6) is 0 Å². The van der Waals surface area contributed by atoms with Crippen molar-refractivity contribution in [3.63, 3.8) is 0 Å². The second-order valence-corrected chi connectivity index (χ2v) is 1.86. The largest absolute Gasteiger partial charge is 0.463 e. The van der Waals surface area contributed by atoms with Crippen LogP contribution in [0.1, 0.15) is 6.92 Å². The monoisotopic (exact) mass is 177 g/mol. The minimum Gasteiger partial charge on any atom is -0.463 e. The fourth-order valence-corrected chi connectivity index (χ4v) is 0.418. The van der Waals surface area contributed by atoms with Gasteiger partial charge < -0.3 is 14.6 Å². The number of aliphatic hydroxyl groups is 1. The summed E-state index contributed by atoms with van der Waals surface area (Å²) in [6.45, 7) is 1.31. The average molecular weight is 177 g/mol. The summed E-state index contributed by atoms with van der Waals surface area (Å²) in [4.78, 5) is 21.0. The van der Waals surface area contributed by atoms with Crippen LogP contribution in [-0.2, 0) is 19.1 Å². The van der Waals surface area contributed by atoms with Gasteiger partial charge in [0.05, 0.1) is 6.61 Å². The van der Waals surface area contributed by atoms with Crippen LogP contribution in [0, 0.1) is 0 Å². The lowest BCUT2D eigenvalue weighted by Crippen LogP contribution is -2.33. The van der Waals surface area contributed by atoms with E-state index in [0.717, 1.165) is 0 Å². The van der Waals surface area contributed by atoms with Gasteiger partial charge in [0.15, 0.2) is 6.61 Å². The highest BCUT2D eigenvalue weighted by molar-refractivity contribution is 5.78. The molecule has 0 spiro atoms. The highest BCUT2D eigenvalue weighted by Gasteiger charge is 2.12. The Morgan fingerprint density at radius 1 is 1.50 bits per heavy atom. The van der Waals surface area contributed by atoms with E-state index in [4.69, 9.17) is 10.8 Å². The van der Waals surface area contributed by atoms with Crippen LogP contribution in [0.4, 0.5) is 0 Å². The van der Waals surface area contributed by atoms with Crippen molar-refractivity contribution in [2.45, 2.75) is 13.2 Å². The molecule has 0 aromatic heterocycles. The number of rotatable bonds is 4. The summed E-state index contributed by atoms with van der Waals surface area (Å²) in [5, 5.41) is 8.41. The number of carbonyl (C=O) groups is 2. The number of hydrogen-bond acceptors (Lipinski definition) is 6. The van der Waals surface area contributed by atoms with Gasteiger partial charge in [-0.05, 0) is 6.92 Å². The van der Waals surface area contributed by atoms with E-state index in [1.165, 1.54) is 0 Å². The second kappa shape index (κ2) is 5.50. The lowest BCUT2D eigenvalue weighted by molar-refractivity contribution is -0.163. The summed E-state index contributed by atoms with van der Waals surface area (Å²) < 4.78 is 8.66. The van der Waals surface area contributed by atoms with Crippen LogP contribution >= 0.6 is 0 Å². The minimum atomic E-state index is -1.71. The number of esters is 2. The molecule has 0 rings (SSSR count). The van der Waals surface area contributed by atoms with Gasteiger partial charge in [0.2, 0.25) is 6.23 Å². The molecular weight excluding hydrogens is 166 g/mol. The van der Waals surface area contributed by atoms with Crippen molar-refractivity contribution in [3.05, 3.63) is 0 Å². The summed E-state index contributed by atoms with van der Waals surface area (Å²) in [6, 6.07) is 0. The van der Waals surface area contributed by atoms with E-state index in [9.17, 15) is 9.59 Å². The van der Waals surface area contributed by atoms with Gasteiger partial charge in [-0.3, -0.25) is 5.73 Å². The van der Waals surface area contributed by atoms with Gasteiger partial charge in [-0.15, -0.1) is 0 Å². The Balaban J connectivity index is 3.54. The van der Waals surface area contributed by atoms with Gasteiger partial charge in [0.1, 0.15) is 0 Å². The molecular formula is C6H11NO5. The smallest absolute Gasteiger partial charge is 0.350 e. The zero-order chi connectivity index (χ0) is 9.56. The van der Waals surface area contributed by atoms with Crippen molar-refractivity contribution < 1.29 is 24.2 Å². The molecule has 3 N–H and O–H groups in total. The molecule has 0 aliphatic carbocycles. The number of aliphatic hydroxyl groups excluding tert-OH is 1. The Morgan fingerprint density at radius 2 is 2.08 bits per heavy atom. The number of nitrogens with two attached hydrogens (primary N) is 1. The van der Waals surface area contributed by atoms with Gasteiger partial charge in [-0.2, -0.15) is 0 Å². The third kappa shape index (κ3) is 4.64. The summed E-state index contributed by atoms with van der Waals surface area (Å²) in [5.74, 6) is -1.73. The number of ether oxygens (including phenoxy) is 2. The van der Waals surface area contributed by atoms with Gasteiger partial charge in [0, 0.05) is 0 Å². The topological polar surface area (TPSA) is 98.9 Å². The molecule has 6 nitrogen and oxygen atoms in total. The van der Waals surface area contributed by atoms with Crippen molar-refractivity contribution in [2.24, 2.45) is 5.73 Å². The van der Waals surface area contributed by atoms with E-state index < -0.39 is 24.8 Å². The Bertz CT molecular complexity index is 167. The molecule has 0 aromatic rings. The molecule has 0 saturated heterocycles. The third-order valence-electron chi connectivity index (χ3n) is 0.879. The maximum atomic E-state index is 10.5. The Hall–Kier alpha value is -1.14. The Kier molecular flexibility index (Phi) is 4.98. The molecule has 0 amide bonds. The first kappa shape index (κ1) is 10.9. The van der Waals surface area contributed by atoms with Crippen molar-refractivity contribution in [2.75, 3.05) is 13.2 Å². The van der Waals surface area contributed by atoms with E-state index in [0.29, 0.717) is 0 Å². The van der Waals surface area contributed by atoms with E-state index in [1.54, 1.807) is 6.92 Å². The molecule has 1 atom stereocenters. The first-order valence-electron chi connectivity index (χ1n) is 3.33. The normalized spacial score (nSPS) is 11.9. The quantitative estimate of drug-likeness (QED) is 0.395. The molecule has 0 radical (unpaired) electrons. The maximum absolute atomic E-state index is 10.5. The van der Waals surface area contributed by atoms with Gasteiger partial charge in [-0.25, -0.2) is 9.59 Å². The molecule has 0 bridgehead atoms. The molecule has 6 heteroatoms. The lowest BCUT2D eigenvalue weighted by Gasteiger charge is -2.05. The van der Waals surface area contributed by atoms with Crippen LogP contribution in [0.15, 0.2) is 0 Å². The Morgan fingerprint density at radius 3 is 2.50 bits per heavy atom. The lowest BCUT2D eigenvalue weighted by atomic mass is 10.6. The first-order valence-corrected chi connectivity index (χ1v) is 3.33. The molecule has 0 aromatic carbocycles. The zero-order valence-electron chi connectivity index (χ0n) is 6.65. The average Bonchev–Trinajstić information content (AvgIpc) is 2.00. The van der Waals surface area contributed by atoms with Crippen molar-refractivity contribution in [1.29, 1.82) is 0 Å².